The van der Waals surface area contributed by atoms with Gasteiger partial charge in [-0.05, 0) is 25.3 Å². The molecule has 5 heteroatoms. The van der Waals surface area contributed by atoms with Crippen LogP contribution >= 0.6 is 0 Å². The fraction of sp³-hybridized carbons (Fsp3) is 0.632. The van der Waals surface area contributed by atoms with Gasteiger partial charge in [-0.25, -0.2) is 0 Å². The summed E-state index contributed by atoms with van der Waals surface area (Å²) >= 11 is 0. The summed E-state index contributed by atoms with van der Waals surface area (Å²) in [6, 6.07) is 6.37. The Kier molecular flexibility index (Phi) is 4.22. The van der Waals surface area contributed by atoms with E-state index in [0.29, 0.717) is 18.3 Å². The molecule has 0 aromatic heterocycles. The average Bonchev–Trinajstić information content (AvgIpc) is 3.10. The van der Waals surface area contributed by atoms with Gasteiger partial charge in [-0.15, -0.1) is 0 Å². The first-order valence-corrected chi connectivity index (χ1v) is 8.79. The predicted octanol–water partition coefficient (Wildman–Crippen LogP) is 2.81. The third-order valence-corrected chi connectivity index (χ3v) is 5.50. The van der Waals surface area contributed by atoms with Crippen LogP contribution in [0.1, 0.15) is 43.2 Å². The molecule has 3 aliphatic rings. The first-order valence-electron chi connectivity index (χ1n) is 8.79. The normalized spacial score (nSPS) is 33.3. The van der Waals surface area contributed by atoms with Crippen LogP contribution < -0.4 is 4.74 Å². The van der Waals surface area contributed by atoms with Crippen LogP contribution in [0, 0.1) is 5.92 Å². The predicted molar refractivity (Wildman–Crippen MR) is 86.9 cm³/mol. The van der Waals surface area contributed by atoms with Crippen molar-refractivity contribution in [1.29, 1.82) is 0 Å². The molecule has 24 heavy (non-hydrogen) atoms. The summed E-state index contributed by atoms with van der Waals surface area (Å²) in [4.78, 5) is 11.3. The number of hydrogen-bond acceptors (Lipinski definition) is 5. The van der Waals surface area contributed by atoms with E-state index in [-0.39, 0.29) is 24.5 Å². The Morgan fingerprint density at radius 3 is 3.04 bits per heavy atom. The third-order valence-electron chi connectivity index (χ3n) is 5.50. The lowest BCUT2D eigenvalue weighted by Crippen LogP contribution is -2.37. The first kappa shape index (κ1) is 15.9. The van der Waals surface area contributed by atoms with Crippen molar-refractivity contribution in [2.24, 2.45) is 5.92 Å². The van der Waals surface area contributed by atoms with Crippen LogP contribution in [0.4, 0.5) is 0 Å². The Hall–Kier alpha value is -1.59. The fourth-order valence-corrected chi connectivity index (χ4v) is 4.39. The van der Waals surface area contributed by atoms with Crippen LogP contribution in [-0.4, -0.2) is 38.2 Å². The number of esters is 1. The van der Waals surface area contributed by atoms with Crippen LogP contribution in [-0.2, 0) is 25.4 Å². The smallest absolute Gasteiger partial charge is 0.305 e. The topological polar surface area (TPSA) is 54.0 Å². The zero-order valence-corrected chi connectivity index (χ0v) is 14.2. The second-order valence-electron chi connectivity index (χ2n) is 6.92. The van der Waals surface area contributed by atoms with Gasteiger partial charge in [0.15, 0.2) is 6.29 Å². The quantitative estimate of drug-likeness (QED) is 0.794. The molecule has 0 amide bonds. The molecule has 1 saturated heterocycles. The molecular weight excluding hydrogens is 308 g/mol. The van der Waals surface area contributed by atoms with Gasteiger partial charge < -0.3 is 18.9 Å². The largest absolute Gasteiger partial charge is 0.489 e. The molecule has 2 aliphatic heterocycles. The number of fused-ring (bicyclic) bond motifs is 5. The highest BCUT2D eigenvalue weighted by Gasteiger charge is 2.52. The number of benzene rings is 1. The summed E-state index contributed by atoms with van der Waals surface area (Å²) in [5.74, 6) is 1.60. The summed E-state index contributed by atoms with van der Waals surface area (Å²) in [6.45, 7) is 2.70. The highest BCUT2D eigenvalue weighted by atomic mass is 16.7. The number of para-hydroxylation sites is 1. The highest BCUT2D eigenvalue weighted by Crippen LogP contribution is 2.53. The summed E-state index contributed by atoms with van der Waals surface area (Å²) in [6.07, 6.45) is 3.28. The summed E-state index contributed by atoms with van der Waals surface area (Å²) < 4.78 is 22.7. The third kappa shape index (κ3) is 2.70. The fourth-order valence-electron chi connectivity index (χ4n) is 4.39. The molecule has 0 spiro atoms. The number of hydrogen-bond donors (Lipinski definition) is 0. The molecule has 2 heterocycles. The van der Waals surface area contributed by atoms with Crippen LogP contribution in [0.2, 0.25) is 0 Å². The van der Waals surface area contributed by atoms with Gasteiger partial charge in [0.1, 0.15) is 11.9 Å². The second-order valence-corrected chi connectivity index (χ2v) is 6.92. The van der Waals surface area contributed by atoms with Crippen LogP contribution in [0.15, 0.2) is 18.2 Å². The average molecular weight is 332 g/mol. The van der Waals surface area contributed by atoms with Crippen LogP contribution in [0.5, 0.6) is 5.75 Å². The van der Waals surface area contributed by atoms with Gasteiger partial charge in [-0.3, -0.25) is 4.79 Å². The standard InChI is InChI=1S/C19H24O5/c1-11-22-10-14-15(23-11)9-16-18(14)13-7-3-5-12(19(13)24-16)6-4-8-17(20)21-2/h3,5,7,11,14-16,18H,4,6,8-10H2,1-2H3/t11?,14-,15+,16-,18+/m0/s1. The molecule has 0 bridgehead atoms. The Balaban J connectivity index is 1.51. The lowest BCUT2D eigenvalue weighted by molar-refractivity contribution is -0.221. The molecule has 1 unspecified atom stereocenters. The van der Waals surface area contributed by atoms with Crippen LogP contribution in [0.25, 0.3) is 0 Å². The molecule has 1 aromatic rings. The summed E-state index contributed by atoms with van der Waals surface area (Å²) in [7, 11) is 1.43. The lowest BCUT2D eigenvalue weighted by Gasteiger charge is -2.32. The van der Waals surface area contributed by atoms with Gasteiger partial charge in [-0.1, -0.05) is 18.2 Å². The van der Waals surface area contributed by atoms with Crippen molar-refractivity contribution in [3.8, 4) is 5.75 Å². The van der Waals surface area contributed by atoms with Crippen molar-refractivity contribution in [1.82, 2.24) is 0 Å². The SMILES string of the molecule is COC(=O)CCCc1cccc2c1O[C@H]1C[C@H]3OC(C)OC[C@@H]3[C@@H]21. The van der Waals surface area contributed by atoms with Crippen molar-refractivity contribution < 1.29 is 23.7 Å². The molecule has 1 aromatic carbocycles. The molecule has 4 rings (SSSR count). The van der Waals surface area contributed by atoms with E-state index in [9.17, 15) is 4.79 Å². The molecule has 5 atom stereocenters. The minimum atomic E-state index is -0.158. The zero-order chi connectivity index (χ0) is 16.7. The van der Waals surface area contributed by atoms with E-state index in [0.717, 1.165) is 31.6 Å². The number of ether oxygens (including phenoxy) is 4. The monoisotopic (exact) mass is 332 g/mol. The number of carbonyl (C=O) groups is 1. The highest BCUT2D eigenvalue weighted by molar-refractivity contribution is 5.69. The first-order chi connectivity index (χ1) is 11.7. The van der Waals surface area contributed by atoms with Crippen molar-refractivity contribution in [2.45, 2.75) is 57.0 Å². The molecule has 1 saturated carbocycles. The van der Waals surface area contributed by atoms with Crippen molar-refractivity contribution in [3.63, 3.8) is 0 Å². The van der Waals surface area contributed by atoms with Gasteiger partial charge in [0, 0.05) is 30.2 Å². The van der Waals surface area contributed by atoms with Gasteiger partial charge in [0.05, 0.1) is 19.8 Å². The van der Waals surface area contributed by atoms with E-state index in [2.05, 4.69) is 18.2 Å². The van der Waals surface area contributed by atoms with Gasteiger partial charge in [-0.2, -0.15) is 0 Å². The number of rotatable bonds is 4. The van der Waals surface area contributed by atoms with Crippen molar-refractivity contribution in [2.75, 3.05) is 13.7 Å². The van der Waals surface area contributed by atoms with Crippen LogP contribution in [0.3, 0.4) is 0 Å². The zero-order valence-electron chi connectivity index (χ0n) is 14.2. The Morgan fingerprint density at radius 2 is 2.21 bits per heavy atom. The van der Waals surface area contributed by atoms with Gasteiger partial charge in [0.25, 0.3) is 0 Å². The molecule has 5 nitrogen and oxygen atoms in total. The molecule has 0 radical (unpaired) electrons. The summed E-state index contributed by atoms with van der Waals surface area (Å²) in [5.41, 5.74) is 2.47. The Morgan fingerprint density at radius 1 is 1.33 bits per heavy atom. The maximum absolute atomic E-state index is 11.3. The van der Waals surface area contributed by atoms with E-state index >= 15 is 0 Å². The van der Waals surface area contributed by atoms with Gasteiger partial charge in [0.2, 0.25) is 0 Å². The molecule has 1 aliphatic carbocycles. The van der Waals surface area contributed by atoms with Crippen molar-refractivity contribution >= 4 is 5.97 Å². The van der Waals surface area contributed by atoms with E-state index < -0.39 is 0 Å². The second kappa shape index (κ2) is 6.37. The Labute approximate surface area is 142 Å². The molecule has 0 N–H and O–H groups in total. The van der Waals surface area contributed by atoms with E-state index in [4.69, 9.17) is 18.9 Å². The summed E-state index contributed by atoms with van der Waals surface area (Å²) in [5, 5.41) is 0. The molecule has 2 fully saturated rings. The number of aryl methyl sites for hydroxylation is 1. The minimum Gasteiger partial charge on any atom is -0.489 e. The number of carbonyl (C=O) groups excluding carboxylic acids is 1. The molecule has 130 valence electrons. The maximum atomic E-state index is 11.3. The minimum absolute atomic E-state index is 0.116. The van der Waals surface area contributed by atoms with Crippen molar-refractivity contribution in [3.05, 3.63) is 29.3 Å². The van der Waals surface area contributed by atoms with E-state index in [1.807, 2.05) is 6.92 Å². The van der Waals surface area contributed by atoms with Gasteiger partial charge >= 0.3 is 5.97 Å². The lowest BCUT2D eigenvalue weighted by atomic mass is 9.87. The van der Waals surface area contributed by atoms with E-state index in [1.165, 1.54) is 18.2 Å². The number of methoxy groups -OCH3 is 1. The molecular formula is C19H24O5. The maximum Gasteiger partial charge on any atom is 0.305 e. The van der Waals surface area contributed by atoms with E-state index in [1.54, 1.807) is 0 Å². The Bertz CT molecular complexity index is 628.